The number of aromatic amines is 1. The SMILES string of the molecule is CNC(=O)c1cccc(NC)c1.CNC(=O)c1cccc(NC)c1.CNc1cc(C)cc(-c2nnnn2C)c1.CNc1cccc(-c2ccn[nH]2)c1.CNc1cccc(-c2ccncc2)c1.CNc1cccc(-c2cscn2)c1.CNc1cccc(-c2cscn2)c1.CNc1cccc(-c2noc(NC)n2)c1.CNc1cccc(C#N)c1.CNc1cccc(C2N=CN=N2)c1. The van der Waals surface area contributed by atoms with E-state index in [9.17, 15) is 9.59 Å². The molecule has 0 bridgehead atoms. The molecule has 0 spiro atoms. The zero-order chi connectivity index (χ0) is 93.0. The summed E-state index contributed by atoms with van der Waals surface area (Å²) in [5.74, 6) is 1.23. The summed E-state index contributed by atoms with van der Waals surface area (Å²) in [7, 11) is 25.6. The van der Waals surface area contributed by atoms with Crippen molar-refractivity contribution in [3.05, 3.63) is 323 Å². The third-order valence-corrected chi connectivity index (χ3v) is 19.8. The quantitative estimate of drug-likeness (QED) is 0.0337. The molecule has 1 aliphatic rings. The van der Waals surface area contributed by atoms with Gasteiger partial charge < -0.3 is 73.6 Å². The highest BCUT2D eigenvalue weighted by Crippen LogP contribution is 2.29. The van der Waals surface area contributed by atoms with E-state index in [0.29, 0.717) is 28.5 Å². The van der Waals surface area contributed by atoms with Crippen LogP contribution in [0.15, 0.2) is 315 Å². The maximum absolute atomic E-state index is 11.1. The van der Waals surface area contributed by atoms with Crippen molar-refractivity contribution in [2.24, 2.45) is 22.3 Å². The maximum atomic E-state index is 11.1. The van der Waals surface area contributed by atoms with Crippen LogP contribution in [0.5, 0.6) is 0 Å². The Kier molecular flexibility index (Phi) is 41.9. The Morgan fingerprint density at radius 1 is 0.438 bits per heavy atom. The van der Waals surface area contributed by atoms with Gasteiger partial charge in [-0.2, -0.15) is 20.5 Å². The van der Waals surface area contributed by atoms with Crippen LogP contribution >= 0.6 is 22.7 Å². The fraction of sp³-hybridized carbons (Fsp3) is 0.165. The van der Waals surface area contributed by atoms with Crippen LogP contribution in [0, 0.1) is 18.3 Å². The number of thiazole rings is 2. The number of H-pyrrole nitrogens is 1. The van der Waals surface area contributed by atoms with Crippen molar-refractivity contribution in [2.45, 2.75) is 13.1 Å². The molecule has 130 heavy (non-hydrogen) atoms. The van der Waals surface area contributed by atoms with Crippen LogP contribution < -0.4 is 69.1 Å². The number of nitrogens with zero attached hydrogens (tertiary/aromatic N) is 14. The number of hydrogen-bond donors (Lipinski definition) is 14. The molecule has 1 atom stereocenters. The number of benzene rings is 10. The van der Waals surface area contributed by atoms with Gasteiger partial charge in [0.15, 0.2) is 12.0 Å². The van der Waals surface area contributed by atoms with E-state index in [-0.39, 0.29) is 18.0 Å². The first-order valence-electron chi connectivity index (χ1n) is 40.9. The van der Waals surface area contributed by atoms with Gasteiger partial charge in [0.05, 0.1) is 39.7 Å². The zero-order valence-electron chi connectivity index (χ0n) is 75.2. The summed E-state index contributed by atoms with van der Waals surface area (Å²) >= 11 is 3.23. The van der Waals surface area contributed by atoms with Crippen molar-refractivity contribution < 1.29 is 14.1 Å². The summed E-state index contributed by atoms with van der Waals surface area (Å²) in [5.41, 5.74) is 29.4. The number of aliphatic imine (C=N–C) groups is 1. The van der Waals surface area contributed by atoms with E-state index in [4.69, 9.17) is 9.78 Å². The topological polar surface area (TPSA) is 401 Å². The highest BCUT2D eigenvalue weighted by molar-refractivity contribution is 7.08. The number of hydrogen-bond acceptors (Lipinski definition) is 29. The van der Waals surface area contributed by atoms with Crippen LogP contribution in [-0.2, 0) is 7.05 Å². The van der Waals surface area contributed by atoms with E-state index in [1.807, 2.05) is 259 Å². The normalized spacial score (nSPS) is 10.6. The van der Waals surface area contributed by atoms with Gasteiger partial charge in [0.2, 0.25) is 5.82 Å². The number of tetrazole rings is 1. The molecule has 0 radical (unpaired) electrons. The number of carbonyl (C=O) groups is 2. The first-order valence-corrected chi connectivity index (χ1v) is 42.8. The lowest BCUT2D eigenvalue weighted by Crippen LogP contribution is -2.17. The number of rotatable bonds is 20. The lowest BCUT2D eigenvalue weighted by atomic mass is 10.1. The van der Waals surface area contributed by atoms with Crippen molar-refractivity contribution in [2.75, 3.05) is 150 Å². The second-order valence-corrected chi connectivity index (χ2v) is 28.7. The average Bonchev–Trinajstić information content (AvgIpc) is 1.69. The van der Waals surface area contributed by atoms with E-state index in [0.717, 1.165) is 113 Å². The second kappa shape index (κ2) is 55.0. The van der Waals surface area contributed by atoms with Crippen LogP contribution in [0.25, 0.3) is 67.7 Å². The lowest BCUT2D eigenvalue weighted by molar-refractivity contribution is 0.0955. The first-order chi connectivity index (χ1) is 63.4. The Balaban J connectivity index is 0.000000179. The summed E-state index contributed by atoms with van der Waals surface area (Å²) in [6, 6.07) is 85.4. The van der Waals surface area contributed by atoms with Gasteiger partial charge in [0, 0.05) is 229 Å². The Morgan fingerprint density at radius 3 is 1.32 bits per heavy atom. The molecular weight excluding hydrogens is 1670 g/mol. The molecule has 6 aromatic heterocycles. The van der Waals surface area contributed by atoms with Crippen LogP contribution in [0.3, 0.4) is 0 Å². The summed E-state index contributed by atoms with van der Waals surface area (Å²) in [6.07, 6.45) is 6.70. The minimum atomic E-state index is -0.145. The highest BCUT2D eigenvalue weighted by Gasteiger charge is 2.13. The van der Waals surface area contributed by atoms with Gasteiger partial charge in [-0.05, 0) is 198 Å². The van der Waals surface area contributed by atoms with Crippen molar-refractivity contribution >= 4 is 104 Å². The predicted molar refractivity (Wildman–Crippen MR) is 536 cm³/mol. The molecule has 14 N–H and O–H groups in total. The molecule has 31 nitrogen and oxygen atoms in total. The minimum absolute atomic E-state index is 0.0629. The Morgan fingerprint density at radius 2 is 0.877 bits per heavy atom. The standard InChI is InChI=1S/C12H12N2.C10H13N5.C10H12N4O.C10H11N3.2C10H10N2S.C9H10N4.2C9H12N2O.C8H8N2/c1-13-12-4-2-3-11(9-12)10-5-7-14-8-6-10;1-7-4-8(6-9(5-7)11-2)10-12-13-14-15(10)3;1-11-8-5-3-4-7(6-8)9-13-10(12-2)15-14-9;1-11-9-4-2-3-8(7-9)10-5-6-12-13-10;2*1-11-9-4-2-3-8(5-9)10-6-13-7-12-10;1-10-8-4-2-3-7(5-8)9-11-6-12-13-9;2*1-10-8-5-3-4-7(6-8)9(12)11-2;1-10-8-4-2-3-7(5-8)6-9/h2-9,13H,1H3;4-6,11H,1-3H3;3-6,11H,1-2H3,(H,12,13,14);2-7,11H,1H3,(H,12,13);2*2-7,11H,1H3;2-6,9-10H,1H3;2*3-6,10H,1-2H3,(H,11,12);2-5,10H,1H3. The molecule has 0 aliphatic carbocycles. The molecule has 1 unspecified atom stereocenters. The second-order valence-electron chi connectivity index (χ2n) is 27.3. The molecule has 16 aromatic rings. The van der Waals surface area contributed by atoms with E-state index < -0.39 is 0 Å². The van der Waals surface area contributed by atoms with Gasteiger partial charge >= 0.3 is 6.01 Å². The number of aromatic nitrogens is 11. The van der Waals surface area contributed by atoms with Gasteiger partial charge in [-0.15, -0.1) is 32.9 Å². The number of nitrogens with one attached hydrogen (secondary N) is 14. The van der Waals surface area contributed by atoms with Crippen LogP contribution in [0.2, 0.25) is 0 Å². The summed E-state index contributed by atoms with van der Waals surface area (Å²) < 4.78 is 6.61. The maximum Gasteiger partial charge on any atom is 0.321 e. The number of pyridine rings is 1. The van der Waals surface area contributed by atoms with Crippen molar-refractivity contribution in [3.8, 4) is 73.7 Å². The number of aryl methyl sites for hydroxylation is 2. The first kappa shape index (κ1) is 99.0. The largest absolute Gasteiger partial charge is 0.388 e. The van der Waals surface area contributed by atoms with E-state index >= 15 is 0 Å². The van der Waals surface area contributed by atoms with Crippen molar-refractivity contribution in [1.29, 1.82) is 5.26 Å². The molecule has 0 saturated heterocycles. The highest BCUT2D eigenvalue weighted by atomic mass is 32.1. The van der Waals surface area contributed by atoms with Crippen LogP contribution in [-0.4, -0.2) is 165 Å². The summed E-state index contributed by atoms with van der Waals surface area (Å²) in [5, 5.41) is 80.8. The lowest BCUT2D eigenvalue weighted by Gasteiger charge is -2.05. The number of azo groups is 1. The van der Waals surface area contributed by atoms with Gasteiger partial charge in [0.1, 0.15) is 6.34 Å². The molecule has 0 fully saturated rings. The third kappa shape index (κ3) is 32.6. The number of anilines is 11. The summed E-state index contributed by atoms with van der Waals surface area (Å²) in [4.78, 5) is 43.0. The van der Waals surface area contributed by atoms with Gasteiger partial charge in [0.25, 0.3) is 11.8 Å². The Bertz CT molecular complexity index is 5860. The van der Waals surface area contributed by atoms with Gasteiger partial charge in [-0.1, -0.05) is 96.2 Å². The summed E-state index contributed by atoms with van der Waals surface area (Å²) in [6.45, 7) is 2.05. The smallest absolute Gasteiger partial charge is 0.321 e. The molecule has 2 amide bonds. The molecule has 10 aromatic carbocycles. The Hall–Kier alpha value is -16.5. The fourth-order valence-corrected chi connectivity index (χ4v) is 12.8. The third-order valence-electron chi connectivity index (χ3n) is 18.7. The molecule has 33 heteroatoms. The number of nitriles is 1. The van der Waals surface area contributed by atoms with Crippen molar-refractivity contribution in [3.63, 3.8) is 0 Å². The van der Waals surface area contributed by atoms with Crippen molar-refractivity contribution in [1.82, 2.24) is 66.1 Å². The monoisotopic (exact) mass is 1780 g/mol. The van der Waals surface area contributed by atoms with Crippen LogP contribution in [0.1, 0.15) is 43.6 Å². The number of amides is 2. The molecule has 1 aliphatic heterocycles. The predicted octanol–water partition coefficient (Wildman–Crippen LogP) is 19.7. The van der Waals surface area contributed by atoms with Gasteiger partial charge in [-0.3, -0.25) is 19.7 Å². The van der Waals surface area contributed by atoms with E-state index in [1.54, 1.807) is 103 Å². The number of carbonyl (C=O) groups excluding carboxylic acids is 2. The molecule has 0 saturated carbocycles. The molecule has 7 heterocycles. The fourth-order valence-electron chi connectivity index (χ4n) is 11.7. The minimum Gasteiger partial charge on any atom is -0.388 e. The van der Waals surface area contributed by atoms with E-state index in [2.05, 4.69) is 207 Å². The van der Waals surface area contributed by atoms with E-state index in [1.165, 1.54) is 23.0 Å². The molecular formula is C97H110N28O3S2. The van der Waals surface area contributed by atoms with Crippen LogP contribution in [0.4, 0.5) is 62.9 Å². The zero-order valence-corrected chi connectivity index (χ0v) is 76.9. The van der Waals surface area contributed by atoms with Gasteiger partial charge in [-0.25, -0.2) is 19.6 Å². The Labute approximate surface area is 766 Å². The average molecular weight is 1780 g/mol. The molecule has 17 rings (SSSR count). The molecule has 668 valence electrons.